The Hall–Kier alpha value is -2.21. The number of hydrogen-bond acceptors (Lipinski definition) is 4. The van der Waals surface area contributed by atoms with Crippen LogP contribution in [0.15, 0.2) is 24.3 Å². The minimum absolute atomic E-state index is 0.162. The second-order valence-corrected chi connectivity index (χ2v) is 5.95. The normalized spacial score (nSPS) is 19.4. The fourth-order valence-electron chi connectivity index (χ4n) is 3.06. The third-order valence-corrected chi connectivity index (χ3v) is 4.33. The van der Waals surface area contributed by atoms with E-state index in [1.165, 1.54) is 0 Å². The number of fused-ring (bicyclic) bond motifs is 1. The number of benzene rings is 1. The van der Waals surface area contributed by atoms with Gasteiger partial charge in [0.1, 0.15) is 6.54 Å². The number of imide groups is 1. The molecule has 3 rings (SSSR count). The standard InChI is InChI=1S/C16H18N2O4/c19-13(17-10-16(22)7-3-4-8-16)9-18-14(20)11-5-1-2-6-12(11)15(18)21/h1-2,5-6,22H,3-4,7-10H2,(H,17,19). The Labute approximate surface area is 128 Å². The van der Waals surface area contributed by atoms with Crippen molar-refractivity contribution in [3.8, 4) is 0 Å². The molecule has 0 unspecified atom stereocenters. The fraction of sp³-hybridized carbons (Fsp3) is 0.438. The number of carbonyl (C=O) groups excluding carboxylic acids is 3. The lowest BCUT2D eigenvalue weighted by Gasteiger charge is -2.23. The number of aliphatic hydroxyl groups is 1. The van der Waals surface area contributed by atoms with Crippen molar-refractivity contribution in [1.82, 2.24) is 10.2 Å². The van der Waals surface area contributed by atoms with Crippen LogP contribution in [0.3, 0.4) is 0 Å². The van der Waals surface area contributed by atoms with Crippen molar-refractivity contribution in [2.75, 3.05) is 13.1 Å². The molecule has 1 aromatic rings. The fourth-order valence-corrected chi connectivity index (χ4v) is 3.06. The molecular formula is C16H18N2O4. The maximum absolute atomic E-state index is 12.1. The first-order valence-electron chi connectivity index (χ1n) is 7.44. The second-order valence-electron chi connectivity index (χ2n) is 5.95. The third-order valence-electron chi connectivity index (χ3n) is 4.33. The molecule has 1 fully saturated rings. The van der Waals surface area contributed by atoms with E-state index in [1.807, 2.05) is 0 Å². The molecule has 0 bridgehead atoms. The average molecular weight is 302 g/mol. The number of carbonyl (C=O) groups is 3. The summed E-state index contributed by atoms with van der Waals surface area (Å²) in [5, 5.41) is 12.8. The van der Waals surface area contributed by atoms with Gasteiger partial charge >= 0.3 is 0 Å². The van der Waals surface area contributed by atoms with Crippen LogP contribution in [0.25, 0.3) is 0 Å². The van der Waals surface area contributed by atoms with Gasteiger partial charge in [0.05, 0.1) is 16.7 Å². The van der Waals surface area contributed by atoms with E-state index in [4.69, 9.17) is 0 Å². The summed E-state index contributed by atoms with van der Waals surface area (Å²) in [6.07, 6.45) is 3.23. The van der Waals surface area contributed by atoms with Crippen LogP contribution in [0.2, 0.25) is 0 Å². The van der Waals surface area contributed by atoms with E-state index in [1.54, 1.807) is 24.3 Å². The Kier molecular flexibility index (Phi) is 3.70. The quantitative estimate of drug-likeness (QED) is 0.802. The van der Waals surface area contributed by atoms with E-state index in [2.05, 4.69) is 5.32 Å². The molecule has 22 heavy (non-hydrogen) atoms. The molecule has 6 heteroatoms. The van der Waals surface area contributed by atoms with Gasteiger partial charge in [0.25, 0.3) is 11.8 Å². The molecule has 1 aromatic carbocycles. The van der Waals surface area contributed by atoms with Crippen LogP contribution in [-0.2, 0) is 4.79 Å². The summed E-state index contributed by atoms with van der Waals surface area (Å²) in [6, 6.07) is 6.52. The van der Waals surface area contributed by atoms with Gasteiger partial charge in [-0.15, -0.1) is 0 Å². The Morgan fingerprint density at radius 3 is 2.23 bits per heavy atom. The molecule has 2 aliphatic rings. The molecule has 0 radical (unpaired) electrons. The average Bonchev–Trinajstić information content (AvgIpc) is 3.05. The molecule has 6 nitrogen and oxygen atoms in total. The summed E-state index contributed by atoms with van der Waals surface area (Å²) in [4.78, 5) is 37.2. The Morgan fingerprint density at radius 1 is 1.14 bits per heavy atom. The van der Waals surface area contributed by atoms with E-state index in [-0.39, 0.29) is 13.1 Å². The van der Waals surface area contributed by atoms with Crippen molar-refractivity contribution in [2.24, 2.45) is 0 Å². The molecule has 1 saturated carbocycles. The van der Waals surface area contributed by atoms with Crippen LogP contribution >= 0.6 is 0 Å². The molecule has 0 saturated heterocycles. The Morgan fingerprint density at radius 2 is 1.68 bits per heavy atom. The van der Waals surface area contributed by atoms with Crippen molar-refractivity contribution in [3.63, 3.8) is 0 Å². The maximum Gasteiger partial charge on any atom is 0.262 e. The van der Waals surface area contributed by atoms with Gasteiger partial charge in [0.2, 0.25) is 5.91 Å². The molecule has 116 valence electrons. The zero-order valence-corrected chi connectivity index (χ0v) is 12.2. The third kappa shape index (κ3) is 2.62. The Balaban J connectivity index is 1.61. The lowest BCUT2D eigenvalue weighted by Crippen LogP contribution is -2.45. The van der Waals surface area contributed by atoms with Gasteiger partial charge in [0.15, 0.2) is 0 Å². The number of rotatable bonds is 4. The van der Waals surface area contributed by atoms with Gasteiger partial charge in [-0.25, -0.2) is 0 Å². The molecule has 0 atom stereocenters. The molecular weight excluding hydrogens is 284 g/mol. The molecule has 3 amide bonds. The molecule has 1 heterocycles. The highest BCUT2D eigenvalue weighted by Gasteiger charge is 2.37. The SMILES string of the molecule is O=C(CN1C(=O)c2ccccc2C1=O)NCC1(O)CCCC1. The minimum atomic E-state index is -0.850. The van der Waals surface area contributed by atoms with Gasteiger partial charge in [-0.1, -0.05) is 25.0 Å². The van der Waals surface area contributed by atoms with Crippen LogP contribution in [0.4, 0.5) is 0 Å². The second kappa shape index (κ2) is 5.53. The van der Waals surface area contributed by atoms with Gasteiger partial charge < -0.3 is 10.4 Å². The molecule has 2 N–H and O–H groups in total. The Bertz CT molecular complexity index is 600. The molecule has 0 aromatic heterocycles. The minimum Gasteiger partial charge on any atom is -0.388 e. The van der Waals surface area contributed by atoms with Crippen molar-refractivity contribution in [2.45, 2.75) is 31.3 Å². The van der Waals surface area contributed by atoms with Crippen LogP contribution in [-0.4, -0.2) is 46.4 Å². The molecule has 0 spiro atoms. The monoisotopic (exact) mass is 302 g/mol. The van der Waals surface area contributed by atoms with E-state index in [9.17, 15) is 19.5 Å². The van der Waals surface area contributed by atoms with Gasteiger partial charge in [0, 0.05) is 6.54 Å². The highest BCUT2D eigenvalue weighted by Crippen LogP contribution is 2.28. The molecule has 1 aliphatic heterocycles. The van der Waals surface area contributed by atoms with E-state index >= 15 is 0 Å². The number of nitrogens with zero attached hydrogens (tertiary/aromatic N) is 1. The summed E-state index contributed by atoms with van der Waals surface area (Å²) in [7, 11) is 0. The maximum atomic E-state index is 12.1. The summed E-state index contributed by atoms with van der Waals surface area (Å²) >= 11 is 0. The van der Waals surface area contributed by atoms with Gasteiger partial charge in [-0.2, -0.15) is 0 Å². The first-order valence-corrected chi connectivity index (χ1v) is 7.44. The van der Waals surface area contributed by atoms with Crippen LogP contribution in [0.5, 0.6) is 0 Å². The van der Waals surface area contributed by atoms with Crippen molar-refractivity contribution in [3.05, 3.63) is 35.4 Å². The number of nitrogens with one attached hydrogen (secondary N) is 1. The van der Waals surface area contributed by atoms with Crippen LogP contribution in [0, 0.1) is 0 Å². The zero-order valence-electron chi connectivity index (χ0n) is 12.2. The predicted molar refractivity (Wildman–Crippen MR) is 78.2 cm³/mol. The summed E-state index contributed by atoms with van der Waals surface area (Å²) in [5.74, 6) is -1.33. The molecule has 1 aliphatic carbocycles. The summed E-state index contributed by atoms with van der Waals surface area (Å²) in [6.45, 7) is -0.155. The first kappa shape index (κ1) is 14.7. The highest BCUT2D eigenvalue weighted by molar-refractivity contribution is 6.22. The summed E-state index contributed by atoms with van der Waals surface area (Å²) in [5.41, 5.74) is -0.193. The lowest BCUT2D eigenvalue weighted by atomic mass is 10.0. The van der Waals surface area contributed by atoms with Crippen LogP contribution in [0.1, 0.15) is 46.4 Å². The zero-order chi connectivity index (χ0) is 15.7. The number of amides is 3. The predicted octanol–water partition coefficient (Wildman–Crippen LogP) is 0.704. The van der Waals surface area contributed by atoms with E-state index < -0.39 is 23.3 Å². The highest BCUT2D eigenvalue weighted by atomic mass is 16.3. The topological polar surface area (TPSA) is 86.7 Å². The number of hydrogen-bond donors (Lipinski definition) is 2. The smallest absolute Gasteiger partial charge is 0.262 e. The van der Waals surface area contributed by atoms with Crippen LogP contribution < -0.4 is 5.32 Å². The van der Waals surface area contributed by atoms with Gasteiger partial charge in [-0.05, 0) is 25.0 Å². The first-order chi connectivity index (χ1) is 10.5. The largest absolute Gasteiger partial charge is 0.388 e. The lowest BCUT2D eigenvalue weighted by molar-refractivity contribution is -0.122. The van der Waals surface area contributed by atoms with Crippen molar-refractivity contribution >= 4 is 17.7 Å². The summed E-state index contributed by atoms with van der Waals surface area (Å²) < 4.78 is 0. The van der Waals surface area contributed by atoms with Crippen molar-refractivity contribution in [1.29, 1.82) is 0 Å². The van der Waals surface area contributed by atoms with Crippen molar-refractivity contribution < 1.29 is 19.5 Å². The van der Waals surface area contributed by atoms with E-state index in [0.29, 0.717) is 24.0 Å². The van der Waals surface area contributed by atoms with E-state index in [0.717, 1.165) is 17.7 Å². The van der Waals surface area contributed by atoms with Gasteiger partial charge in [-0.3, -0.25) is 19.3 Å².